The fourth-order valence-electron chi connectivity index (χ4n) is 2.85. The summed E-state index contributed by atoms with van der Waals surface area (Å²) in [5, 5.41) is 2.53. The molecule has 1 heterocycles. The van der Waals surface area contributed by atoms with E-state index in [1.54, 1.807) is 0 Å². The molecule has 1 aromatic heterocycles. The molecule has 0 unspecified atom stereocenters. The minimum atomic E-state index is -0.286. The van der Waals surface area contributed by atoms with E-state index in [9.17, 15) is 4.79 Å². The van der Waals surface area contributed by atoms with Crippen molar-refractivity contribution in [3.05, 3.63) is 82.7 Å². The van der Waals surface area contributed by atoms with Crippen LogP contribution in [0.3, 0.4) is 0 Å². The molecule has 0 bridgehead atoms. The highest BCUT2D eigenvalue weighted by Crippen LogP contribution is 2.28. The standard InChI is InChI=1S/C20H14O2/c1-13-7-9-17-16-10-8-15(14-5-3-2-4-6-14)12-18(16)20(21)22-19(17)11-13/h2-12H,1H3. The molecule has 0 spiro atoms. The van der Waals surface area contributed by atoms with Crippen LogP contribution in [-0.2, 0) is 0 Å². The quantitative estimate of drug-likeness (QED) is 0.367. The van der Waals surface area contributed by atoms with Gasteiger partial charge < -0.3 is 4.42 Å². The van der Waals surface area contributed by atoms with Gasteiger partial charge in [0.2, 0.25) is 0 Å². The maximum Gasteiger partial charge on any atom is 0.344 e. The van der Waals surface area contributed by atoms with Gasteiger partial charge in [0, 0.05) is 5.39 Å². The molecule has 0 radical (unpaired) electrons. The van der Waals surface area contributed by atoms with E-state index in [4.69, 9.17) is 4.42 Å². The number of fused-ring (bicyclic) bond motifs is 3. The second kappa shape index (κ2) is 4.85. The van der Waals surface area contributed by atoms with E-state index in [-0.39, 0.29) is 5.63 Å². The molecule has 0 aliphatic heterocycles. The minimum Gasteiger partial charge on any atom is -0.422 e. The Morgan fingerprint density at radius 3 is 2.32 bits per heavy atom. The van der Waals surface area contributed by atoms with E-state index in [0.717, 1.165) is 27.5 Å². The molecular formula is C20H14O2. The molecule has 4 rings (SSSR count). The SMILES string of the molecule is Cc1ccc2c(c1)oc(=O)c1cc(-c3ccccc3)ccc12. The summed E-state index contributed by atoms with van der Waals surface area (Å²) in [5.74, 6) is 0. The first-order chi connectivity index (χ1) is 10.7. The summed E-state index contributed by atoms with van der Waals surface area (Å²) >= 11 is 0. The Balaban J connectivity index is 2.05. The van der Waals surface area contributed by atoms with Crippen molar-refractivity contribution in [2.24, 2.45) is 0 Å². The average molecular weight is 286 g/mol. The molecule has 106 valence electrons. The first-order valence-electron chi connectivity index (χ1n) is 7.25. The van der Waals surface area contributed by atoms with E-state index in [1.165, 1.54) is 0 Å². The Labute approximate surface area is 127 Å². The lowest BCUT2D eigenvalue weighted by Crippen LogP contribution is -2.00. The molecule has 0 fully saturated rings. The van der Waals surface area contributed by atoms with Crippen molar-refractivity contribution in [2.45, 2.75) is 6.92 Å². The normalized spacial score (nSPS) is 11.1. The van der Waals surface area contributed by atoms with Crippen LogP contribution in [0, 0.1) is 6.92 Å². The van der Waals surface area contributed by atoms with Gasteiger partial charge in [-0.05, 0) is 41.1 Å². The van der Waals surface area contributed by atoms with Crippen LogP contribution in [0.1, 0.15) is 5.56 Å². The first-order valence-corrected chi connectivity index (χ1v) is 7.25. The van der Waals surface area contributed by atoms with Crippen LogP contribution in [0.5, 0.6) is 0 Å². The third kappa shape index (κ3) is 2.01. The lowest BCUT2D eigenvalue weighted by molar-refractivity contribution is 0.569. The van der Waals surface area contributed by atoms with Crippen LogP contribution in [0.15, 0.2) is 75.9 Å². The predicted molar refractivity (Wildman–Crippen MR) is 90.2 cm³/mol. The fourth-order valence-corrected chi connectivity index (χ4v) is 2.85. The van der Waals surface area contributed by atoms with Crippen LogP contribution in [0.25, 0.3) is 32.9 Å². The van der Waals surface area contributed by atoms with E-state index >= 15 is 0 Å². The van der Waals surface area contributed by atoms with Gasteiger partial charge in [0.05, 0.1) is 5.39 Å². The van der Waals surface area contributed by atoms with Gasteiger partial charge in [-0.3, -0.25) is 0 Å². The maximum absolute atomic E-state index is 12.3. The molecule has 2 heteroatoms. The van der Waals surface area contributed by atoms with E-state index < -0.39 is 0 Å². The van der Waals surface area contributed by atoms with Crippen molar-refractivity contribution >= 4 is 21.7 Å². The number of hydrogen-bond donors (Lipinski definition) is 0. The van der Waals surface area contributed by atoms with Gasteiger partial charge in [0.15, 0.2) is 0 Å². The fraction of sp³-hybridized carbons (Fsp3) is 0.0500. The summed E-state index contributed by atoms with van der Waals surface area (Å²) < 4.78 is 5.49. The van der Waals surface area contributed by atoms with E-state index in [2.05, 4.69) is 6.07 Å². The second-order valence-corrected chi connectivity index (χ2v) is 5.52. The molecule has 0 atom stereocenters. The molecule has 0 saturated carbocycles. The molecule has 0 aliphatic rings. The lowest BCUT2D eigenvalue weighted by atomic mass is 10.00. The first kappa shape index (κ1) is 12.8. The van der Waals surface area contributed by atoms with Gasteiger partial charge in [-0.2, -0.15) is 0 Å². The van der Waals surface area contributed by atoms with Crippen molar-refractivity contribution in [1.82, 2.24) is 0 Å². The Kier molecular flexibility index (Phi) is 2.83. The van der Waals surface area contributed by atoms with Crippen LogP contribution in [0.4, 0.5) is 0 Å². The van der Waals surface area contributed by atoms with E-state index in [1.807, 2.05) is 67.6 Å². The molecule has 0 N–H and O–H groups in total. The monoisotopic (exact) mass is 286 g/mol. The molecule has 0 amide bonds. The number of aryl methyl sites for hydroxylation is 1. The van der Waals surface area contributed by atoms with Crippen molar-refractivity contribution in [3.8, 4) is 11.1 Å². The van der Waals surface area contributed by atoms with E-state index in [0.29, 0.717) is 11.0 Å². The largest absolute Gasteiger partial charge is 0.422 e. The topological polar surface area (TPSA) is 30.2 Å². The minimum absolute atomic E-state index is 0.286. The Morgan fingerprint density at radius 2 is 1.50 bits per heavy atom. The molecule has 3 aromatic carbocycles. The highest BCUT2D eigenvalue weighted by molar-refractivity contribution is 6.05. The summed E-state index contributed by atoms with van der Waals surface area (Å²) in [6.45, 7) is 1.99. The molecular weight excluding hydrogens is 272 g/mol. The molecule has 0 aliphatic carbocycles. The maximum atomic E-state index is 12.3. The van der Waals surface area contributed by atoms with Gasteiger partial charge in [-0.1, -0.05) is 54.6 Å². The lowest BCUT2D eigenvalue weighted by Gasteiger charge is -2.06. The number of rotatable bonds is 1. The number of benzene rings is 3. The van der Waals surface area contributed by atoms with Gasteiger partial charge >= 0.3 is 5.63 Å². The van der Waals surface area contributed by atoms with Crippen LogP contribution in [0.2, 0.25) is 0 Å². The third-order valence-corrected chi connectivity index (χ3v) is 3.98. The summed E-state index contributed by atoms with van der Waals surface area (Å²) in [6.07, 6.45) is 0. The van der Waals surface area contributed by atoms with Crippen molar-refractivity contribution < 1.29 is 4.42 Å². The third-order valence-electron chi connectivity index (χ3n) is 3.98. The van der Waals surface area contributed by atoms with Gasteiger partial charge in [0.1, 0.15) is 5.58 Å². The summed E-state index contributed by atoms with van der Waals surface area (Å²) in [6, 6.07) is 22.0. The highest BCUT2D eigenvalue weighted by atomic mass is 16.4. The zero-order chi connectivity index (χ0) is 15.1. The molecule has 22 heavy (non-hydrogen) atoms. The van der Waals surface area contributed by atoms with Crippen molar-refractivity contribution in [1.29, 1.82) is 0 Å². The van der Waals surface area contributed by atoms with Crippen molar-refractivity contribution in [2.75, 3.05) is 0 Å². The molecule has 2 nitrogen and oxygen atoms in total. The van der Waals surface area contributed by atoms with Crippen LogP contribution in [-0.4, -0.2) is 0 Å². The Hall–Kier alpha value is -2.87. The Morgan fingerprint density at radius 1 is 0.727 bits per heavy atom. The average Bonchev–Trinajstić information content (AvgIpc) is 2.55. The zero-order valence-corrected chi connectivity index (χ0v) is 12.2. The molecule has 4 aromatic rings. The number of hydrogen-bond acceptors (Lipinski definition) is 2. The van der Waals surface area contributed by atoms with Gasteiger partial charge in [-0.15, -0.1) is 0 Å². The zero-order valence-electron chi connectivity index (χ0n) is 12.2. The summed E-state index contributed by atoms with van der Waals surface area (Å²) in [5.41, 5.74) is 3.55. The summed E-state index contributed by atoms with van der Waals surface area (Å²) in [4.78, 5) is 12.3. The van der Waals surface area contributed by atoms with Gasteiger partial charge in [-0.25, -0.2) is 4.79 Å². The highest BCUT2D eigenvalue weighted by Gasteiger charge is 2.09. The summed E-state index contributed by atoms with van der Waals surface area (Å²) in [7, 11) is 0. The predicted octanol–water partition coefficient (Wildman–Crippen LogP) is 4.92. The van der Waals surface area contributed by atoms with Gasteiger partial charge in [0.25, 0.3) is 0 Å². The smallest absolute Gasteiger partial charge is 0.344 e. The van der Waals surface area contributed by atoms with Crippen LogP contribution >= 0.6 is 0 Å². The Bertz CT molecular complexity index is 1040. The van der Waals surface area contributed by atoms with Crippen LogP contribution < -0.4 is 5.63 Å². The van der Waals surface area contributed by atoms with Crippen molar-refractivity contribution in [3.63, 3.8) is 0 Å². The molecule has 0 saturated heterocycles. The second-order valence-electron chi connectivity index (χ2n) is 5.52.